The average molecular weight is 362 g/mol. The summed E-state index contributed by atoms with van der Waals surface area (Å²) in [6, 6.07) is 16.0. The Bertz CT molecular complexity index is 688. The molecule has 0 bridgehead atoms. The van der Waals surface area contributed by atoms with Crippen LogP contribution in [0.25, 0.3) is 0 Å². The van der Waals surface area contributed by atoms with Crippen LogP contribution in [-0.4, -0.2) is 17.9 Å². The molecule has 2 aromatic carbocycles. The van der Waals surface area contributed by atoms with Crippen molar-refractivity contribution in [2.75, 3.05) is 10.6 Å². The molecule has 0 spiro atoms. The van der Waals surface area contributed by atoms with Gasteiger partial charge in [0, 0.05) is 17.3 Å². The number of benzene rings is 2. The van der Waals surface area contributed by atoms with E-state index in [1.165, 1.54) is 0 Å². The molecule has 5 nitrogen and oxygen atoms in total. The van der Waals surface area contributed by atoms with Crippen LogP contribution in [0.5, 0.6) is 0 Å². The van der Waals surface area contributed by atoms with Gasteiger partial charge in [0.2, 0.25) is 11.8 Å². The third kappa shape index (κ3) is 6.57. The first-order valence-electron chi connectivity index (χ1n) is 7.97. The van der Waals surface area contributed by atoms with Gasteiger partial charge in [-0.05, 0) is 36.2 Å². The van der Waals surface area contributed by atoms with Crippen LogP contribution in [0.1, 0.15) is 19.4 Å². The summed E-state index contributed by atoms with van der Waals surface area (Å²) in [4.78, 5) is 23.8. The summed E-state index contributed by atoms with van der Waals surface area (Å²) in [5, 5.41) is 5.59. The number of carbonyl (C=O) groups excluding carboxylic acids is 2. The molecule has 0 aliphatic heterocycles. The quantitative estimate of drug-likeness (QED) is 0.738. The first kappa shape index (κ1) is 20.7. The maximum absolute atomic E-state index is 12.2. The second-order valence-electron chi connectivity index (χ2n) is 6.01. The number of rotatable bonds is 6. The van der Waals surface area contributed by atoms with Gasteiger partial charge in [0.15, 0.2) is 0 Å². The first-order valence-corrected chi connectivity index (χ1v) is 7.97. The molecule has 2 aromatic rings. The number of carbonyl (C=O) groups is 2. The van der Waals surface area contributed by atoms with Crippen LogP contribution >= 0.6 is 12.4 Å². The maximum Gasteiger partial charge on any atom is 0.241 e. The van der Waals surface area contributed by atoms with Crippen molar-refractivity contribution in [3.8, 4) is 0 Å². The number of amides is 2. The van der Waals surface area contributed by atoms with Crippen molar-refractivity contribution in [1.29, 1.82) is 0 Å². The van der Waals surface area contributed by atoms with Crippen molar-refractivity contribution in [3.05, 3.63) is 60.2 Å². The van der Waals surface area contributed by atoms with E-state index < -0.39 is 6.04 Å². The molecule has 0 aliphatic carbocycles. The lowest BCUT2D eigenvalue weighted by atomic mass is 10.1. The highest BCUT2D eigenvalue weighted by molar-refractivity contribution is 5.95. The predicted octanol–water partition coefficient (Wildman–Crippen LogP) is 3.21. The van der Waals surface area contributed by atoms with Gasteiger partial charge in [-0.2, -0.15) is 0 Å². The van der Waals surface area contributed by atoms with Gasteiger partial charge in [-0.3, -0.25) is 9.59 Å². The largest absolute Gasteiger partial charge is 0.326 e. The molecule has 0 aromatic heterocycles. The Labute approximate surface area is 154 Å². The maximum atomic E-state index is 12.2. The smallest absolute Gasteiger partial charge is 0.241 e. The van der Waals surface area contributed by atoms with E-state index in [4.69, 9.17) is 5.73 Å². The van der Waals surface area contributed by atoms with Gasteiger partial charge >= 0.3 is 0 Å². The molecule has 0 saturated heterocycles. The lowest BCUT2D eigenvalue weighted by molar-refractivity contribution is -0.119. The summed E-state index contributed by atoms with van der Waals surface area (Å²) in [6.07, 6.45) is 0.481. The molecule has 0 radical (unpaired) electrons. The topological polar surface area (TPSA) is 84.2 Å². The zero-order chi connectivity index (χ0) is 17.5. The molecule has 0 unspecified atom stereocenters. The molecule has 0 saturated carbocycles. The van der Waals surface area contributed by atoms with E-state index in [2.05, 4.69) is 10.6 Å². The second kappa shape index (κ2) is 9.81. The van der Waals surface area contributed by atoms with Crippen LogP contribution < -0.4 is 16.4 Å². The van der Waals surface area contributed by atoms with Crippen molar-refractivity contribution in [2.24, 2.45) is 11.7 Å². The Balaban J connectivity index is 0.00000312. The zero-order valence-electron chi connectivity index (χ0n) is 14.4. The van der Waals surface area contributed by atoms with E-state index in [9.17, 15) is 9.59 Å². The normalized spacial score (nSPS) is 11.4. The van der Waals surface area contributed by atoms with E-state index in [1.807, 2.05) is 44.2 Å². The molecule has 134 valence electrons. The number of hydrogen-bond acceptors (Lipinski definition) is 3. The van der Waals surface area contributed by atoms with Crippen molar-refractivity contribution in [3.63, 3.8) is 0 Å². The van der Waals surface area contributed by atoms with Gasteiger partial charge < -0.3 is 16.4 Å². The van der Waals surface area contributed by atoms with Gasteiger partial charge in [-0.25, -0.2) is 0 Å². The molecule has 4 N–H and O–H groups in total. The van der Waals surface area contributed by atoms with Gasteiger partial charge in [0.1, 0.15) is 0 Å². The molecule has 0 fully saturated rings. The SMILES string of the molecule is CC(C)C(=O)Nc1ccc(NC(=O)[C@@H](N)Cc2ccccc2)cc1.Cl. The van der Waals surface area contributed by atoms with Crippen LogP contribution in [0.2, 0.25) is 0 Å². The molecule has 0 aliphatic rings. The summed E-state index contributed by atoms with van der Waals surface area (Å²) in [6.45, 7) is 3.66. The van der Waals surface area contributed by atoms with Crippen LogP contribution in [0.3, 0.4) is 0 Å². The number of halogens is 1. The summed E-state index contributed by atoms with van der Waals surface area (Å²) in [7, 11) is 0. The lowest BCUT2D eigenvalue weighted by Crippen LogP contribution is -2.37. The highest BCUT2D eigenvalue weighted by atomic mass is 35.5. The predicted molar refractivity (Wildman–Crippen MR) is 104 cm³/mol. The van der Waals surface area contributed by atoms with Crippen molar-refractivity contribution in [1.82, 2.24) is 0 Å². The molecule has 2 rings (SSSR count). The monoisotopic (exact) mass is 361 g/mol. The Kier molecular flexibility index (Phi) is 8.11. The Morgan fingerprint density at radius 2 is 1.36 bits per heavy atom. The van der Waals surface area contributed by atoms with Crippen LogP contribution in [0.4, 0.5) is 11.4 Å². The van der Waals surface area contributed by atoms with E-state index in [0.29, 0.717) is 17.8 Å². The second-order valence-corrected chi connectivity index (χ2v) is 6.01. The third-order valence-corrected chi connectivity index (χ3v) is 3.58. The summed E-state index contributed by atoms with van der Waals surface area (Å²) in [5.41, 5.74) is 8.32. The summed E-state index contributed by atoms with van der Waals surface area (Å²) in [5.74, 6) is -0.366. The van der Waals surface area contributed by atoms with Crippen LogP contribution in [0, 0.1) is 5.92 Å². The van der Waals surface area contributed by atoms with Crippen molar-refractivity contribution in [2.45, 2.75) is 26.3 Å². The standard InChI is InChI=1S/C19H23N3O2.ClH/c1-13(2)18(23)21-15-8-10-16(11-9-15)22-19(24)17(20)12-14-6-4-3-5-7-14;/h3-11,13,17H,12,20H2,1-2H3,(H,21,23)(H,22,24);1H/t17-;/m0./s1. The van der Waals surface area contributed by atoms with Gasteiger partial charge in [0.05, 0.1) is 6.04 Å². The van der Waals surface area contributed by atoms with Crippen LogP contribution in [-0.2, 0) is 16.0 Å². The van der Waals surface area contributed by atoms with E-state index in [1.54, 1.807) is 24.3 Å². The van der Waals surface area contributed by atoms with Crippen molar-refractivity contribution >= 4 is 35.6 Å². The third-order valence-electron chi connectivity index (χ3n) is 3.58. The fourth-order valence-corrected chi connectivity index (χ4v) is 2.12. The lowest BCUT2D eigenvalue weighted by Gasteiger charge is -2.13. The number of nitrogens with one attached hydrogen (secondary N) is 2. The fourth-order valence-electron chi connectivity index (χ4n) is 2.12. The molecule has 0 heterocycles. The number of nitrogens with two attached hydrogens (primary N) is 1. The Hall–Kier alpha value is -2.37. The summed E-state index contributed by atoms with van der Waals surface area (Å²) < 4.78 is 0. The molecular weight excluding hydrogens is 338 g/mol. The van der Waals surface area contributed by atoms with Crippen molar-refractivity contribution < 1.29 is 9.59 Å². The van der Waals surface area contributed by atoms with Crippen LogP contribution in [0.15, 0.2) is 54.6 Å². The number of hydrogen-bond donors (Lipinski definition) is 3. The molecule has 6 heteroatoms. The molecule has 25 heavy (non-hydrogen) atoms. The number of anilines is 2. The van der Waals surface area contributed by atoms with Gasteiger partial charge in [-0.1, -0.05) is 44.2 Å². The summed E-state index contributed by atoms with van der Waals surface area (Å²) >= 11 is 0. The zero-order valence-corrected chi connectivity index (χ0v) is 15.2. The average Bonchev–Trinajstić information content (AvgIpc) is 2.57. The van der Waals surface area contributed by atoms with Gasteiger partial charge in [0.25, 0.3) is 0 Å². The molecule has 1 atom stereocenters. The van der Waals surface area contributed by atoms with E-state index in [-0.39, 0.29) is 30.1 Å². The van der Waals surface area contributed by atoms with E-state index >= 15 is 0 Å². The molecule has 2 amide bonds. The first-order chi connectivity index (χ1) is 11.5. The minimum absolute atomic E-state index is 0. The highest BCUT2D eigenvalue weighted by Crippen LogP contribution is 2.15. The minimum Gasteiger partial charge on any atom is -0.326 e. The Morgan fingerprint density at radius 3 is 1.84 bits per heavy atom. The fraction of sp³-hybridized carbons (Fsp3) is 0.263. The molecular formula is C19H24ClN3O2. The Morgan fingerprint density at radius 1 is 0.880 bits per heavy atom. The minimum atomic E-state index is -0.618. The highest BCUT2D eigenvalue weighted by Gasteiger charge is 2.14. The van der Waals surface area contributed by atoms with Gasteiger partial charge in [-0.15, -0.1) is 12.4 Å². The van der Waals surface area contributed by atoms with E-state index in [0.717, 1.165) is 5.56 Å².